The van der Waals surface area contributed by atoms with E-state index in [1.165, 1.54) is 0 Å². The molecule has 23 heavy (non-hydrogen) atoms. The first kappa shape index (κ1) is 17.3. The summed E-state index contributed by atoms with van der Waals surface area (Å²) in [4.78, 5) is 23.6. The van der Waals surface area contributed by atoms with E-state index in [1.54, 1.807) is 6.07 Å². The van der Waals surface area contributed by atoms with Crippen LogP contribution in [0.1, 0.15) is 44.2 Å². The molecule has 1 unspecified atom stereocenters. The molecule has 1 aliphatic heterocycles. The van der Waals surface area contributed by atoms with E-state index in [4.69, 9.17) is 9.47 Å². The van der Waals surface area contributed by atoms with Crippen LogP contribution in [0.5, 0.6) is 11.5 Å². The highest BCUT2D eigenvalue weighted by atomic mass is 16.5. The highest BCUT2D eigenvalue weighted by Crippen LogP contribution is 2.31. The summed E-state index contributed by atoms with van der Waals surface area (Å²) in [5, 5.41) is 10.0. The molecule has 1 aromatic carbocycles. The average molecular weight is 320 g/mol. The maximum atomic E-state index is 11.9. The van der Waals surface area contributed by atoms with Gasteiger partial charge in [0.15, 0.2) is 5.78 Å². The Hall–Kier alpha value is -2.04. The maximum Gasteiger partial charge on any atom is 0.316 e. The van der Waals surface area contributed by atoms with Crippen molar-refractivity contribution in [2.75, 3.05) is 13.2 Å². The zero-order chi connectivity index (χ0) is 16.8. The number of phenolic OH excluding ortho intramolecular Hbond substituents is 1. The number of ketones is 1. The average Bonchev–Trinajstić information content (AvgIpc) is 2.53. The Bertz CT molecular complexity index is 563. The largest absolute Gasteiger partial charge is 0.508 e. The second-order valence-corrected chi connectivity index (χ2v) is 5.77. The van der Waals surface area contributed by atoms with Gasteiger partial charge in [0.05, 0.1) is 13.2 Å². The quantitative estimate of drug-likeness (QED) is 0.618. The zero-order valence-corrected chi connectivity index (χ0v) is 13.8. The number of esters is 1. The molecular formula is C18H24O5. The molecule has 1 atom stereocenters. The number of ether oxygens (including phenoxy) is 2. The Morgan fingerprint density at radius 1 is 1.26 bits per heavy atom. The van der Waals surface area contributed by atoms with Crippen LogP contribution in [0.2, 0.25) is 0 Å². The number of aryl methyl sites for hydroxylation is 2. The molecule has 1 saturated heterocycles. The van der Waals surface area contributed by atoms with Crippen LogP contribution in [0, 0.1) is 5.92 Å². The van der Waals surface area contributed by atoms with Crippen LogP contribution >= 0.6 is 0 Å². The number of carbonyl (C=O) groups is 2. The van der Waals surface area contributed by atoms with Crippen molar-refractivity contribution in [2.45, 2.75) is 46.0 Å². The highest BCUT2D eigenvalue weighted by molar-refractivity contribution is 6.00. The lowest BCUT2D eigenvalue weighted by atomic mass is 9.91. The molecule has 1 aliphatic rings. The molecule has 0 bridgehead atoms. The Morgan fingerprint density at radius 3 is 2.70 bits per heavy atom. The van der Waals surface area contributed by atoms with Crippen LogP contribution in [0.15, 0.2) is 12.1 Å². The summed E-state index contributed by atoms with van der Waals surface area (Å²) < 4.78 is 10.7. The molecule has 5 heteroatoms. The van der Waals surface area contributed by atoms with Gasteiger partial charge in [0.2, 0.25) is 0 Å². The van der Waals surface area contributed by atoms with E-state index in [-0.39, 0.29) is 18.1 Å². The second-order valence-electron chi connectivity index (χ2n) is 5.77. The van der Waals surface area contributed by atoms with Gasteiger partial charge in [-0.1, -0.05) is 13.8 Å². The van der Waals surface area contributed by atoms with Crippen LogP contribution in [0.3, 0.4) is 0 Å². The van der Waals surface area contributed by atoms with Gasteiger partial charge in [-0.15, -0.1) is 0 Å². The van der Waals surface area contributed by atoms with E-state index in [9.17, 15) is 14.7 Å². The molecule has 1 aromatic rings. The second kappa shape index (κ2) is 7.99. The minimum absolute atomic E-state index is 0.0493. The van der Waals surface area contributed by atoms with Gasteiger partial charge in [-0.3, -0.25) is 9.59 Å². The third-order valence-corrected chi connectivity index (χ3v) is 4.07. The smallest absolute Gasteiger partial charge is 0.316 e. The van der Waals surface area contributed by atoms with Crippen molar-refractivity contribution in [1.29, 1.82) is 0 Å². The number of aromatic hydroxyl groups is 1. The molecule has 1 fully saturated rings. The topological polar surface area (TPSA) is 72.8 Å². The number of carbonyl (C=O) groups excluding carboxylic acids is 2. The Labute approximate surface area is 136 Å². The third-order valence-electron chi connectivity index (χ3n) is 4.07. The summed E-state index contributed by atoms with van der Waals surface area (Å²) >= 11 is 0. The summed E-state index contributed by atoms with van der Waals surface area (Å²) in [7, 11) is 0. The summed E-state index contributed by atoms with van der Waals surface area (Å²) in [6.07, 6.45) is 2.82. The van der Waals surface area contributed by atoms with Crippen molar-refractivity contribution < 1.29 is 24.2 Å². The fraction of sp³-hybridized carbons (Fsp3) is 0.556. The van der Waals surface area contributed by atoms with E-state index in [0.29, 0.717) is 38.0 Å². The number of rotatable bonds is 7. The maximum absolute atomic E-state index is 11.9. The highest BCUT2D eigenvalue weighted by Gasteiger charge is 2.31. The number of hydrogen-bond donors (Lipinski definition) is 1. The van der Waals surface area contributed by atoms with E-state index in [0.717, 1.165) is 17.5 Å². The Balaban J connectivity index is 2.16. The Morgan fingerprint density at radius 2 is 2.04 bits per heavy atom. The van der Waals surface area contributed by atoms with Gasteiger partial charge in [0.1, 0.15) is 17.4 Å². The minimum atomic E-state index is -0.679. The minimum Gasteiger partial charge on any atom is -0.508 e. The monoisotopic (exact) mass is 320 g/mol. The van der Waals surface area contributed by atoms with Crippen molar-refractivity contribution in [2.24, 2.45) is 5.92 Å². The van der Waals surface area contributed by atoms with Crippen LogP contribution in [-0.4, -0.2) is 30.1 Å². The molecule has 1 heterocycles. The Kier molecular flexibility index (Phi) is 6.02. The zero-order valence-electron chi connectivity index (χ0n) is 13.8. The van der Waals surface area contributed by atoms with Crippen molar-refractivity contribution in [3.63, 3.8) is 0 Å². The standard InChI is InChI=1S/C18H24O5/c1-3-8-22-17-11-16(20)12(4-2)10-13(17)5-6-14-15(19)7-9-23-18(14)21/h10-11,14,20H,3-9H2,1-2H3. The predicted molar refractivity (Wildman–Crippen MR) is 85.7 cm³/mol. The third kappa shape index (κ3) is 4.24. The van der Waals surface area contributed by atoms with Gasteiger partial charge in [-0.05, 0) is 42.9 Å². The van der Waals surface area contributed by atoms with E-state index in [2.05, 4.69) is 0 Å². The van der Waals surface area contributed by atoms with Crippen molar-refractivity contribution >= 4 is 11.8 Å². The SMILES string of the molecule is CCCOc1cc(O)c(CC)cc1CCC1C(=O)CCOC1=O. The van der Waals surface area contributed by atoms with Crippen molar-refractivity contribution in [1.82, 2.24) is 0 Å². The van der Waals surface area contributed by atoms with Crippen LogP contribution in [0.25, 0.3) is 0 Å². The van der Waals surface area contributed by atoms with Crippen molar-refractivity contribution in [3.05, 3.63) is 23.3 Å². The molecule has 1 N–H and O–H groups in total. The van der Waals surface area contributed by atoms with Crippen molar-refractivity contribution in [3.8, 4) is 11.5 Å². The molecule has 0 spiro atoms. The van der Waals surface area contributed by atoms with Gasteiger partial charge in [-0.2, -0.15) is 0 Å². The van der Waals surface area contributed by atoms with Crippen LogP contribution in [0.4, 0.5) is 0 Å². The number of cyclic esters (lactones) is 1. The lowest BCUT2D eigenvalue weighted by Crippen LogP contribution is -2.33. The molecule has 0 aromatic heterocycles. The summed E-state index contributed by atoms with van der Waals surface area (Å²) in [5.74, 6) is -0.311. The number of Topliss-reactive ketones (excluding diaryl/α,β-unsaturated/α-hetero) is 1. The fourth-order valence-electron chi connectivity index (χ4n) is 2.73. The van der Waals surface area contributed by atoms with Crippen LogP contribution < -0.4 is 4.74 Å². The number of benzene rings is 1. The van der Waals surface area contributed by atoms with Gasteiger partial charge in [-0.25, -0.2) is 0 Å². The molecule has 0 aliphatic carbocycles. The summed E-state index contributed by atoms with van der Waals surface area (Å²) in [5.41, 5.74) is 1.75. The van der Waals surface area contributed by atoms with E-state index in [1.807, 2.05) is 19.9 Å². The van der Waals surface area contributed by atoms with Gasteiger partial charge in [0, 0.05) is 12.5 Å². The molecule has 2 rings (SSSR count). The molecule has 0 radical (unpaired) electrons. The van der Waals surface area contributed by atoms with Gasteiger partial charge >= 0.3 is 5.97 Å². The summed E-state index contributed by atoms with van der Waals surface area (Å²) in [6.45, 7) is 4.73. The number of phenols is 1. The molecule has 5 nitrogen and oxygen atoms in total. The molecule has 126 valence electrons. The first-order valence-electron chi connectivity index (χ1n) is 8.23. The normalized spacial score (nSPS) is 17.9. The fourth-order valence-corrected chi connectivity index (χ4v) is 2.73. The summed E-state index contributed by atoms with van der Waals surface area (Å²) in [6, 6.07) is 3.53. The van der Waals surface area contributed by atoms with Gasteiger partial charge in [0.25, 0.3) is 0 Å². The lowest BCUT2D eigenvalue weighted by Gasteiger charge is -2.20. The van der Waals surface area contributed by atoms with E-state index < -0.39 is 11.9 Å². The molecule has 0 saturated carbocycles. The van der Waals surface area contributed by atoms with Gasteiger partial charge < -0.3 is 14.6 Å². The van der Waals surface area contributed by atoms with Crippen LogP contribution in [-0.2, 0) is 27.2 Å². The lowest BCUT2D eigenvalue weighted by molar-refractivity contribution is -0.158. The van der Waals surface area contributed by atoms with E-state index >= 15 is 0 Å². The first-order valence-corrected chi connectivity index (χ1v) is 8.23. The predicted octanol–water partition coefficient (Wildman–Crippen LogP) is 2.81. The number of hydrogen-bond acceptors (Lipinski definition) is 5. The molecule has 0 amide bonds. The first-order chi connectivity index (χ1) is 11.1. The molecular weight excluding hydrogens is 296 g/mol.